The van der Waals surface area contributed by atoms with Crippen molar-refractivity contribution in [1.82, 2.24) is 4.68 Å². The van der Waals surface area contributed by atoms with E-state index in [9.17, 15) is 0 Å². The average molecular weight is 368 g/mol. The van der Waals surface area contributed by atoms with Crippen LogP contribution >= 0.6 is 45.9 Å². The molecule has 0 saturated carbocycles. The maximum absolute atomic E-state index is 6.31. The molecule has 0 fully saturated rings. The number of aromatic nitrogens is 1. The molecule has 0 aliphatic heterocycles. The first kappa shape index (κ1) is 15.5. The van der Waals surface area contributed by atoms with Gasteiger partial charge in [0.25, 0.3) is 0 Å². The lowest BCUT2D eigenvalue weighted by Gasteiger charge is -2.05. The van der Waals surface area contributed by atoms with Crippen LogP contribution in [0.25, 0.3) is 11.3 Å². The minimum Gasteiger partial charge on any atom is -0.261 e. The second kappa shape index (κ2) is 6.79. The first-order valence-corrected chi connectivity index (χ1v) is 8.87. The molecule has 1 aromatic carbocycles. The number of nitrogens with zero attached hydrogens (tertiary/aromatic N) is 3. The second-order valence-corrected chi connectivity index (χ2v) is 6.98. The molecule has 0 spiro atoms. The molecule has 3 aromatic rings. The summed E-state index contributed by atoms with van der Waals surface area (Å²) in [6.07, 6.45) is 1.82. The fraction of sp³-hybridized carbons (Fsp3) is 0.0667. The normalized spacial score (nSPS) is 12.4. The standard InChI is InChI=1S/C15H11Cl2N3S2/c1-18-15-20(19-8-11-3-2-6-21-11)14(9-22-15)12-5-4-10(16)7-13(12)17/h2-9H,1H3. The van der Waals surface area contributed by atoms with E-state index in [0.29, 0.717) is 10.0 Å². The summed E-state index contributed by atoms with van der Waals surface area (Å²) in [7, 11) is 1.75. The molecule has 112 valence electrons. The topological polar surface area (TPSA) is 29.6 Å². The van der Waals surface area contributed by atoms with Gasteiger partial charge in [-0.2, -0.15) is 5.10 Å². The summed E-state index contributed by atoms with van der Waals surface area (Å²) in [4.78, 5) is 6.14. The first-order chi connectivity index (χ1) is 10.7. The quantitative estimate of drug-likeness (QED) is 0.583. The molecule has 0 bridgehead atoms. The molecule has 7 heteroatoms. The molecule has 0 amide bonds. The molecule has 0 N–H and O–H groups in total. The Morgan fingerprint density at radius 3 is 2.73 bits per heavy atom. The van der Waals surface area contributed by atoms with Crippen LogP contribution < -0.4 is 4.80 Å². The number of thiazole rings is 1. The molecule has 0 unspecified atom stereocenters. The smallest absolute Gasteiger partial charge is 0.205 e. The SMILES string of the molecule is CN=c1scc(-c2ccc(Cl)cc2Cl)n1N=Cc1cccs1. The molecule has 2 heterocycles. The lowest BCUT2D eigenvalue weighted by molar-refractivity contribution is 0.849. The van der Waals surface area contributed by atoms with Crippen LogP contribution in [0.3, 0.4) is 0 Å². The van der Waals surface area contributed by atoms with Crippen molar-refractivity contribution in [2.24, 2.45) is 10.1 Å². The lowest BCUT2D eigenvalue weighted by atomic mass is 10.2. The molecule has 0 aliphatic carbocycles. The number of hydrogen-bond donors (Lipinski definition) is 0. The zero-order valence-corrected chi connectivity index (χ0v) is 14.7. The summed E-state index contributed by atoms with van der Waals surface area (Å²) >= 11 is 15.4. The molecule has 3 nitrogen and oxygen atoms in total. The van der Waals surface area contributed by atoms with E-state index >= 15 is 0 Å². The van der Waals surface area contributed by atoms with Crippen molar-refractivity contribution in [3.8, 4) is 11.3 Å². The van der Waals surface area contributed by atoms with Crippen molar-refractivity contribution < 1.29 is 0 Å². The predicted molar refractivity (Wildman–Crippen MR) is 96.6 cm³/mol. The van der Waals surface area contributed by atoms with E-state index in [1.165, 1.54) is 11.3 Å². The Balaban J connectivity index is 2.11. The van der Waals surface area contributed by atoms with Crippen molar-refractivity contribution in [2.45, 2.75) is 0 Å². The van der Waals surface area contributed by atoms with Crippen molar-refractivity contribution in [1.29, 1.82) is 0 Å². The lowest BCUT2D eigenvalue weighted by Crippen LogP contribution is -2.11. The number of thiophene rings is 1. The van der Waals surface area contributed by atoms with Gasteiger partial charge in [-0.05, 0) is 29.6 Å². The third-order valence-corrected chi connectivity index (χ3v) is 5.19. The Labute approximate surface area is 145 Å². The summed E-state index contributed by atoms with van der Waals surface area (Å²) in [6, 6.07) is 9.44. The van der Waals surface area contributed by atoms with Crippen molar-refractivity contribution >= 4 is 52.1 Å². The molecular weight excluding hydrogens is 357 g/mol. The summed E-state index contributed by atoms with van der Waals surface area (Å²) in [6.45, 7) is 0. The van der Waals surface area contributed by atoms with Gasteiger partial charge in [0.05, 0.1) is 16.9 Å². The average Bonchev–Trinajstić information content (AvgIpc) is 3.14. The van der Waals surface area contributed by atoms with Crippen molar-refractivity contribution in [3.63, 3.8) is 0 Å². The number of benzene rings is 1. The van der Waals surface area contributed by atoms with E-state index in [4.69, 9.17) is 23.2 Å². The predicted octanol–water partition coefficient (Wildman–Crippen LogP) is 5.00. The van der Waals surface area contributed by atoms with Crippen LogP contribution in [0.4, 0.5) is 0 Å². The minimum absolute atomic E-state index is 0.591. The Bertz CT molecular complexity index is 877. The largest absolute Gasteiger partial charge is 0.261 e. The fourth-order valence-corrected chi connectivity index (χ4v) is 3.80. The highest BCUT2D eigenvalue weighted by molar-refractivity contribution is 7.11. The molecule has 0 saturated heterocycles. The monoisotopic (exact) mass is 367 g/mol. The van der Waals surface area contributed by atoms with Gasteiger partial charge in [-0.3, -0.25) is 4.99 Å². The van der Waals surface area contributed by atoms with E-state index in [2.05, 4.69) is 10.1 Å². The van der Waals surface area contributed by atoms with Gasteiger partial charge in [-0.25, -0.2) is 4.68 Å². The summed E-state index contributed by atoms with van der Waals surface area (Å²) < 4.78 is 1.79. The Kier molecular flexibility index (Phi) is 4.78. The highest BCUT2D eigenvalue weighted by Gasteiger charge is 2.11. The molecule has 0 atom stereocenters. The van der Waals surface area contributed by atoms with Gasteiger partial charge in [0.15, 0.2) is 0 Å². The van der Waals surface area contributed by atoms with Gasteiger partial charge < -0.3 is 0 Å². The minimum atomic E-state index is 0.591. The van der Waals surface area contributed by atoms with Gasteiger partial charge in [0.2, 0.25) is 4.80 Å². The number of rotatable bonds is 3. The highest BCUT2D eigenvalue weighted by atomic mass is 35.5. The van der Waals surface area contributed by atoms with Crippen LogP contribution in [-0.2, 0) is 0 Å². The Morgan fingerprint density at radius 2 is 2.05 bits per heavy atom. The molecular formula is C15H11Cl2N3S2. The second-order valence-electron chi connectivity index (χ2n) is 4.32. The third-order valence-electron chi connectivity index (χ3n) is 2.93. The van der Waals surface area contributed by atoms with Gasteiger partial charge in [0.1, 0.15) is 0 Å². The zero-order valence-electron chi connectivity index (χ0n) is 11.5. The van der Waals surface area contributed by atoms with Crippen molar-refractivity contribution in [2.75, 3.05) is 7.05 Å². The molecule has 3 rings (SSSR count). The summed E-state index contributed by atoms with van der Waals surface area (Å²) in [5, 5.41) is 9.75. The van der Waals surface area contributed by atoms with Crippen LogP contribution in [0.1, 0.15) is 4.88 Å². The van der Waals surface area contributed by atoms with Gasteiger partial charge in [0, 0.05) is 27.9 Å². The van der Waals surface area contributed by atoms with Crippen LogP contribution in [-0.4, -0.2) is 17.9 Å². The maximum Gasteiger partial charge on any atom is 0.205 e. The van der Waals surface area contributed by atoms with Crippen LogP contribution in [0.5, 0.6) is 0 Å². The molecule has 0 aliphatic rings. The van der Waals surface area contributed by atoms with E-state index in [-0.39, 0.29) is 0 Å². The van der Waals surface area contributed by atoms with E-state index in [1.807, 2.05) is 41.2 Å². The zero-order chi connectivity index (χ0) is 15.5. The van der Waals surface area contributed by atoms with Crippen LogP contribution in [0.2, 0.25) is 10.0 Å². The molecule has 22 heavy (non-hydrogen) atoms. The van der Waals surface area contributed by atoms with Crippen LogP contribution in [0.15, 0.2) is 51.2 Å². The Morgan fingerprint density at radius 1 is 1.18 bits per heavy atom. The van der Waals surface area contributed by atoms with Gasteiger partial charge in [-0.15, -0.1) is 22.7 Å². The highest BCUT2D eigenvalue weighted by Crippen LogP contribution is 2.30. The number of halogens is 2. The molecule has 0 radical (unpaired) electrons. The number of hydrogen-bond acceptors (Lipinski definition) is 4. The fourth-order valence-electron chi connectivity index (χ4n) is 1.92. The van der Waals surface area contributed by atoms with E-state index in [1.54, 1.807) is 29.1 Å². The van der Waals surface area contributed by atoms with Gasteiger partial charge in [-0.1, -0.05) is 29.3 Å². The van der Waals surface area contributed by atoms with E-state index in [0.717, 1.165) is 20.9 Å². The Hall–Kier alpha value is -1.40. The third kappa shape index (κ3) is 3.17. The summed E-state index contributed by atoms with van der Waals surface area (Å²) in [5.41, 5.74) is 1.76. The van der Waals surface area contributed by atoms with Gasteiger partial charge >= 0.3 is 0 Å². The first-order valence-electron chi connectivity index (χ1n) is 6.35. The molecule has 2 aromatic heterocycles. The van der Waals surface area contributed by atoms with Crippen molar-refractivity contribution in [3.05, 3.63) is 60.8 Å². The van der Waals surface area contributed by atoms with E-state index < -0.39 is 0 Å². The maximum atomic E-state index is 6.31. The van der Waals surface area contributed by atoms with Crippen LogP contribution in [0, 0.1) is 0 Å². The summed E-state index contributed by atoms with van der Waals surface area (Å²) in [5.74, 6) is 0.